The Bertz CT molecular complexity index is 378. The van der Waals surface area contributed by atoms with Crippen LogP contribution in [-0.2, 0) is 9.59 Å². The van der Waals surface area contributed by atoms with Crippen molar-refractivity contribution in [2.75, 3.05) is 6.26 Å². The normalized spacial score (nSPS) is 33.6. The molecule has 0 radical (unpaired) electrons. The molecule has 4 amide bonds. The Kier molecular flexibility index (Phi) is 3.94. The number of nitrogens with one attached hydrogen (secondary N) is 1. The molecule has 1 aliphatic heterocycles. The van der Waals surface area contributed by atoms with Crippen LogP contribution in [-0.4, -0.2) is 40.3 Å². The SMILES string of the molecule is CSC1CCC(N2C(=O)NC(=O)C(C)C2=O)CC1. The predicted molar refractivity (Wildman–Crippen MR) is 69.1 cm³/mol. The zero-order valence-electron chi connectivity index (χ0n) is 10.6. The van der Waals surface area contributed by atoms with Crippen molar-refractivity contribution >= 4 is 29.6 Å². The van der Waals surface area contributed by atoms with Crippen LogP contribution in [0.5, 0.6) is 0 Å². The second-order valence-electron chi connectivity index (χ2n) is 4.89. The number of barbiturate groups is 1. The van der Waals surface area contributed by atoms with Gasteiger partial charge in [0.05, 0.1) is 0 Å². The van der Waals surface area contributed by atoms with Crippen molar-refractivity contribution in [1.29, 1.82) is 0 Å². The number of rotatable bonds is 2. The van der Waals surface area contributed by atoms with Gasteiger partial charge in [-0.1, -0.05) is 0 Å². The van der Waals surface area contributed by atoms with Crippen LogP contribution in [0.1, 0.15) is 32.6 Å². The fourth-order valence-corrected chi connectivity index (χ4v) is 3.32. The summed E-state index contributed by atoms with van der Waals surface area (Å²) >= 11 is 1.84. The van der Waals surface area contributed by atoms with Gasteiger partial charge in [-0.15, -0.1) is 0 Å². The molecule has 1 heterocycles. The lowest BCUT2D eigenvalue weighted by atomic mass is 9.92. The smallest absolute Gasteiger partial charge is 0.277 e. The van der Waals surface area contributed by atoms with Gasteiger partial charge in [0, 0.05) is 11.3 Å². The van der Waals surface area contributed by atoms with Crippen molar-refractivity contribution in [3.8, 4) is 0 Å². The molecule has 1 unspecified atom stereocenters. The molecule has 18 heavy (non-hydrogen) atoms. The van der Waals surface area contributed by atoms with Gasteiger partial charge in [0.25, 0.3) is 0 Å². The van der Waals surface area contributed by atoms with Crippen molar-refractivity contribution < 1.29 is 14.4 Å². The van der Waals surface area contributed by atoms with E-state index in [1.165, 1.54) is 4.90 Å². The minimum atomic E-state index is -0.749. The Morgan fingerprint density at radius 3 is 2.33 bits per heavy atom. The maximum absolute atomic E-state index is 12.0. The zero-order chi connectivity index (χ0) is 13.3. The molecule has 1 atom stereocenters. The first-order valence-electron chi connectivity index (χ1n) is 6.25. The number of imide groups is 2. The summed E-state index contributed by atoms with van der Waals surface area (Å²) in [6.07, 6.45) is 5.80. The lowest BCUT2D eigenvalue weighted by Crippen LogP contribution is -2.60. The van der Waals surface area contributed by atoms with Crippen LogP contribution in [0.4, 0.5) is 4.79 Å². The van der Waals surface area contributed by atoms with Crippen molar-refractivity contribution in [2.24, 2.45) is 5.92 Å². The van der Waals surface area contributed by atoms with E-state index in [1.807, 2.05) is 11.8 Å². The fraction of sp³-hybridized carbons (Fsp3) is 0.750. The van der Waals surface area contributed by atoms with Gasteiger partial charge in [-0.3, -0.25) is 19.8 Å². The number of carbonyl (C=O) groups is 3. The summed E-state index contributed by atoms with van der Waals surface area (Å²) in [6, 6.07) is -0.591. The molecule has 2 rings (SSSR count). The third-order valence-electron chi connectivity index (χ3n) is 3.79. The van der Waals surface area contributed by atoms with E-state index in [9.17, 15) is 14.4 Å². The van der Waals surface area contributed by atoms with E-state index in [0.717, 1.165) is 25.7 Å². The molecule has 1 aliphatic carbocycles. The summed E-state index contributed by atoms with van der Waals surface area (Å²) in [6.45, 7) is 1.55. The highest BCUT2D eigenvalue weighted by atomic mass is 32.2. The van der Waals surface area contributed by atoms with E-state index in [4.69, 9.17) is 0 Å². The topological polar surface area (TPSA) is 66.5 Å². The van der Waals surface area contributed by atoms with Gasteiger partial charge in [0.1, 0.15) is 5.92 Å². The lowest BCUT2D eigenvalue weighted by Gasteiger charge is -2.38. The number of nitrogens with zero attached hydrogens (tertiary/aromatic N) is 1. The summed E-state index contributed by atoms with van der Waals surface area (Å²) in [5.74, 6) is -1.59. The first kappa shape index (κ1) is 13.4. The highest BCUT2D eigenvalue weighted by Gasteiger charge is 2.41. The highest BCUT2D eigenvalue weighted by Crippen LogP contribution is 2.31. The number of thioether (sulfide) groups is 1. The maximum Gasteiger partial charge on any atom is 0.331 e. The third kappa shape index (κ3) is 2.39. The van der Waals surface area contributed by atoms with Crippen molar-refractivity contribution in [3.63, 3.8) is 0 Å². The van der Waals surface area contributed by atoms with E-state index >= 15 is 0 Å². The first-order chi connectivity index (χ1) is 8.54. The number of urea groups is 1. The summed E-state index contributed by atoms with van der Waals surface area (Å²) in [5.41, 5.74) is 0. The fourth-order valence-electron chi connectivity index (χ4n) is 2.58. The average Bonchev–Trinajstić information content (AvgIpc) is 2.37. The number of carbonyl (C=O) groups excluding carboxylic acids is 3. The molecule has 6 heteroatoms. The highest BCUT2D eigenvalue weighted by molar-refractivity contribution is 7.99. The maximum atomic E-state index is 12.0. The molecule has 100 valence electrons. The Balaban J connectivity index is 2.06. The molecule has 5 nitrogen and oxygen atoms in total. The van der Waals surface area contributed by atoms with E-state index in [1.54, 1.807) is 6.92 Å². The van der Waals surface area contributed by atoms with Crippen molar-refractivity contribution in [1.82, 2.24) is 10.2 Å². The number of amides is 4. The van der Waals surface area contributed by atoms with Gasteiger partial charge in [-0.05, 0) is 38.9 Å². The summed E-state index contributed by atoms with van der Waals surface area (Å²) < 4.78 is 0. The summed E-state index contributed by atoms with van der Waals surface area (Å²) in [7, 11) is 0. The largest absolute Gasteiger partial charge is 0.331 e. The second-order valence-corrected chi connectivity index (χ2v) is 6.03. The minimum absolute atomic E-state index is 0.0450. The van der Waals surface area contributed by atoms with Crippen LogP contribution in [0.15, 0.2) is 0 Å². The Hall–Kier alpha value is -1.04. The quantitative estimate of drug-likeness (QED) is 0.770. The summed E-state index contributed by atoms with van der Waals surface area (Å²) in [5, 5.41) is 2.88. The van der Waals surface area contributed by atoms with Crippen LogP contribution < -0.4 is 5.32 Å². The van der Waals surface area contributed by atoms with Gasteiger partial charge < -0.3 is 0 Å². The van der Waals surface area contributed by atoms with Crippen LogP contribution in [0.25, 0.3) is 0 Å². The monoisotopic (exact) mass is 270 g/mol. The van der Waals surface area contributed by atoms with E-state index in [0.29, 0.717) is 5.25 Å². The molecule has 2 fully saturated rings. The first-order valence-corrected chi connectivity index (χ1v) is 7.54. The molecule has 1 N–H and O–H groups in total. The Morgan fingerprint density at radius 2 is 1.78 bits per heavy atom. The van der Waals surface area contributed by atoms with Crippen LogP contribution in [0.2, 0.25) is 0 Å². The van der Waals surface area contributed by atoms with Gasteiger partial charge in [-0.2, -0.15) is 11.8 Å². The van der Waals surface area contributed by atoms with E-state index in [-0.39, 0.29) is 11.9 Å². The van der Waals surface area contributed by atoms with Gasteiger partial charge in [0.15, 0.2) is 0 Å². The van der Waals surface area contributed by atoms with Crippen LogP contribution in [0.3, 0.4) is 0 Å². The molecular weight excluding hydrogens is 252 g/mol. The number of hydrogen-bond acceptors (Lipinski definition) is 4. The Morgan fingerprint density at radius 1 is 1.17 bits per heavy atom. The molecular formula is C12H18N2O3S. The van der Waals surface area contributed by atoms with Crippen molar-refractivity contribution in [2.45, 2.75) is 43.9 Å². The van der Waals surface area contributed by atoms with Crippen LogP contribution >= 0.6 is 11.8 Å². The summed E-state index contributed by atoms with van der Waals surface area (Å²) in [4.78, 5) is 36.4. The minimum Gasteiger partial charge on any atom is -0.277 e. The van der Waals surface area contributed by atoms with E-state index < -0.39 is 17.9 Å². The molecule has 0 aromatic carbocycles. The predicted octanol–water partition coefficient (Wildman–Crippen LogP) is 1.38. The lowest BCUT2D eigenvalue weighted by molar-refractivity contribution is -0.143. The van der Waals surface area contributed by atoms with Crippen molar-refractivity contribution in [3.05, 3.63) is 0 Å². The number of hydrogen-bond donors (Lipinski definition) is 1. The third-order valence-corrected chi connectivity index (χ3v) is 4.93. The van der Waals surface area contributed by atoms with E-state index in [2.05, 4.69) is 11.6 Å². The Labute approximate surface area is 111 Å². The molecule has 0 bridgehead atoms. The standard InChI is InChI=1S/C12H18N2O3S/c1-7-10(15)13-12(17)14(11(7)16)8-3-5-9(18-2)6-4-8/h7-9H,3-6H2,1-2H3,(H,13,15,17). The molecule has 0 aromatic rings. The van der Waals surface area contributed by atoms with Crippen LogP contribution in [0, 0.1) is 5.92 Å². The average molecular weight is 270 g/mol. The zero-order valence-corrected chi connectivity index (χ0v) is 11.5. The second kappa shape index (κ2) is 5.30. The van der Waals surface area contributed by atoms with Gasteiger partial charge in [-0.25, -0.2) is 4.79 Å². The van der Waals surface area contributed by atoms with Gasteiger partial charge >= 0.3 is 6.03 Å². The molecule has 2 aliphatic rings. The van der Waals surface area contributed by atoms with Gasteiger partial charge in [0.2, 0.25) is 11.8 Å². The molecule has 0 aromatic heterocycles. The molecule has 1 saturated carbocycles. The molecule has 0 spiro atoms. The molecule has 1 saturated heterocycles.